The van der Waals surface area contributed by atoms with E-state index in [2.05, 4.69) is 10.0 Å². The zero-order chi connectivity index (χ0) is 19.6. The first-order valence-corrected chi connectivity index (χ1v) is 10.7. The fourth-order valence-corrected chi connectivity index (χ4v) is 4.66. The van der Waals surface area contributed by atoms with Gasteiger partial charge in [0.05, 0.1) is 23.6 Å². The van der Waals surface area contributed by atoms with Crippen LogP contribution in [0.4, 0.5) is 17.1 Å². The maximum atomic E-state index is 13.4. The van der Waals surface area contributed by atoms with Crippen LogP contribution in [0, 0.1) is 6.92 Å². The van der Waals surface area contributed by atoms with Crippen LogP contribution in [0.2, 0.25) is 0 Å². The van der Waals surface area contributed by atoms with Crippen molar-refractivity contribution in [3.8, 4) is 0 Å². The molecule has 0 saturated heterocycles. The van der Waals surface area contributed by atoms with Crippen LogP contribution in [0.3, 0.4) is 0 Å². The van der Waals surface area contributed by atoms with Gasteiger partial charge in [0, 0.05) is 6.54 Å². The summed E-state index contributed by atoms with van der Waals surface area (Å²) in [4.78, 5) is 0. The molecule has 28 heavy (non-hydrogen) atoms. The van der Waals surface area contributed by atoms with Crippen molar-refractivity contribution in [2.24, 2.45) is 0 Å². The number of fused-ring (bicyclic) bond motifs is 1. The van der Waals surface area contributed by atoms with Crippen LogP contribution in [0.1, 0.15) is 16.7 Å². The van der Waals surface area contributed by atoms with E-state index >= 15 is 0 Å². The zero-order valence-corrected chi connectivity index (χ0v) is 16.5. The van der Waals surface area contributed by atoms with Crippen LogP contribution >= 0.6 is 0 Å². The Morgan fingerprint density at radius 2 is 1.71 bits per heavy atom. The number of nitrogens with one attached hydrogen (secondary N) is 2. The molecule has 1 aliphatic rings. The highest BCUT2D eigenvalue weighted by atomic mass is 32.2. The summed E-state index contributed by atoms with van der Waals surface area (Å²) in [6, 6.07) is 22.8. The summed E-state index contributed by atoms with van der Waals surface area (Å²) in [7, 11) is -3.82. The van der Waals surface area contributed by atoms with Crippen molar-refractivity contribution in [3.63, 3.8) is 0 Å². The van der Waals surface area contributed by atoms with E-state index in [1.807, 2.05) is 61.5 Å². The molecule has 5 nitrogen and oxygen atoms in total. The molecule has 144 valence electrons. The Morgan fingerprint density at radius 3 is 2.46 bits per heavy atom. The molecular formula is C22H23N3O2S. The molecule has 0 atom stereocenters. The Bertz CT molecular complexity index is 1060. The summed E-state index contributed by atoms with van der Waals surface area (Å²) in [5.41, 5.74) is 5.27. The minimum atomic E-state index is -3.82. The molecule has 0 saturated carbocycles. The number of hydrogen-bond donors (Lipinski definition) is 2. The molecule has 0 aliphatic carbocycles. The fraction of sp³-hybridized carbons (Fsp3) is 0.182. The van der Waals surface area contributed by atoms with Crippen molar-refractivity contribution >= 4 is 27.3 Å². The summed E-state index contributed by atoms with van der Waals surface area (Å²) in [6.07, 6.45) is 0.899. The second-order valence-electron chi connectivity index (χ2n) is 6.95. The molecule has 0 aromatic heterocycles. The van der Waals surface area contributed by atoms with E-state index in [9.17, 15) is 8.42 Å². The molecule has 3 aromatic rings. The van der Waals surface area contributed by atoms with Gasteiger partial charge in [0.25, 0.3) is 0 Å². The summed E-state index contributed by atoms with van der Waals surface area (Å²) in [5.74, 6) is 0. The summed E-state index contributed by atoms with van der Waals surface area (Å²) >= 11 is 0. The lowest BCUT2D eigenvalue weighted by Gasteiger charge is -2.26. The predicted molar refractivity (Wildman–Crippen MR) is 115 cm³/mol. The standard InChI is InChI=1S/C22H23N3O2S/c1-17-10-12-18(13-11-17)16-25(20-7-3-2-4-8-20)28(26,27)24-21-9-5-6-19-14-15-23-22(19)21/h2-13,23-24H,14-16H2,1H3. The first-order chi connectivity index (χ1) is 13.5. The topological polar surface area (TPSA) is 61.4 Å². The second kappa shape index (κ2) is 7.56. The highest BCUT2D eigenvalue weighted by Crippen LogP contribution is 2.32. The third-order valence-electron chi connectivity index (χ3n) is 4.87. The SMILES string of the molecule is Cc1ccc(CN(c2ccccc2)S(=O)(=O)Nc2cccc3c2NCC3)cc1. The van der Waals surface area contributed by atoms with E-state index in [1.165, 1.54) is 4.31 Å². The Balaban J connectivity index is 1.69. The lowest BCUT2D eigenvalue weighted by molar-refractivity contribution is 0.595. The van der Waals surface area contributed by atoms with E-state index in [0.29, 0.717) is 11.4 Å². The first-order valence-electron chi connectivity index (χ1n) is 9.30. The monoisotopic (exact) mass is 393 g/mol. The third-order valence-corrected chi connectivity index (χ3v) is 6.26. The lowest BCUT2D eigenvalue weighted by atomic mass is 10.1. The molecule has 0 radical (unpaired) electrons. The maximum absolute atomic E-state index is 13.4. The van der Waals surface area contributed by atoms with Crippen molar-refractivity contribution in [3.05, 3.63) is 89.5 Å². The number of aryl methyl sites for hydroxylation is 1. The highest BCUT2D eigenvalue weighted by molar-refractivity contribution is 7.94. The van der Waals surface area contributed by atoms with Gasteiger partial charge >= 0.3 is 10.2 Å². The minimum absolute atomic E-state index is 0.252. The Morgan fingerprint density at radius 1 is 0.964 bits per heavy atom. The third kappa shape index (κ3) is 3.82. The molecule has 1 heterocycles. The molecular weight excluding hydrogens is 370 g/mol. The summed E-state index contributed by atoms with van der Waals surface area (Å²) < 4.78 is 30.9. The van der Waals surface area contributed by atoms with Gasteiger partial charge in [-0.05, 0) is 42.7 Å². The molecule has 6 heteroatoms. The predicted octanol–water partition coefficient (Wildman–Crippen LogP) is 4.33. The molecule has 4 rings (SSSR count). The molecule has 0 spiro atoms. The molecule has 0 fully saturated rings. The van der Waals surface area contributed by atoms with Crippen molar-refractivity contribution in [2.75, 3.05) is 20.9 Å². The molecule has 0 bridgehead atoms. The van der Waals surface area contributed by atoms with Crippen LogP contribution in [0.15, 0.2) is 72.8 Å². The van der Waals surface area contributed by atoms with Gasteiger partial charge < -0.3 is 5.32 Å². The van der Waals surface area contributed by atoms with Crippen LogP contribution in [0.5, 0.6) is 0 Å². The number of benzene rings is 3. The minimum Gasteiger partial charge on any atom is -0.383 e. The maximum Gasteiger partial charge on any atom is 0.324 e. The van der Waals surface area contributed by atoms with Crippen LogP contribution < -0.4 is 14.3 Å². The molecule has 1 aliphatic heterocycles. The Kier molecular flexibility index (Phi) is 4.96. The summed E-state index contributed by atoms with van der Waals surface area (Å²) in [6.45, 7) is 3.09. The molecule has 3 aromatic carbocycles. The van der Waals surface area contributed by atoms with Gasteiger partial charge in [0.2, 0.25) is 0 Å². The number of rotatable bonds is 6. The van der Waals surface area contributed by atoms with Crippen molar-refractivity contribution in [2.45, 2.75) is 19.9 Å². The van der Waals surface area contributed by atoms with Gasteiger partial charge in [-0.2, -0.15) is 8.42 Å². The van der Waals surface area contributed by atoms with Gasteiger partial charge in [-0.1, -0.05) is 60.2 Å². The molecule has 2 N–H and O–H groups in total. The van der Waals surface area contributed by atoms with E-state index in [1.54, 1.807) is 18.2 Å². The van der Waals surface area contributed by atoms with Gasteiger partial charge in [-0.25, -0.2) is 4.31 Å². The highest BCUT2D eigenvalue weighted by Gasteiger charge is 2.25. The van der Waals surface area contributed by atoms with Crippen molar-refractivity contribution < 1.29 is 8.42 Å². The van der Waals surface area contributed by atoms with Gasteiger partial charge in [0.1, 0.15) is 0 Å². The summed E-state index contributed by atoms with van der Waals surface area (Å²) in [5, 5.41) is 3.28. The van der Waals surface area contributed by atoms with E-state index in [4.69, 9.17) is 0 Å². The number of anilines is 3. The smallest absolute Gasteiger partial charge is 0.324 e. The average molecular weight is 394 g/mol. The Labute approximate surface area is 166 Å². The van der Waals surface area contributed by atoms with E-state index < -0.39 is 10.2 Å². The van der Waals surface area contributed by atoms with Gasteiger partial charge in [-0.3, -0.25) is 4.72 Å². The van der Waals surface area contributed by atoms with Crippen LogP contribution in [-0.2, 0) is 23.2 Å². The van der Waals surface area contributed by atoms with E-state index in [0.717, 1.165) is 35.3 Å². The number of nitrogens with zero attached hydrogens (tertiary/aromatic N) is 1. The van der Waals surface area contributed by atoms with Gasteiger partial charge in [-0.15, -0.1) is 0 Å². The molecule has 0 amide bonds. The fourth-order valence-electron chi connectivity index (χ4n) is 3.39. The van der Waals surface area contributed by atoms with Crippen LogP contribution in [-0.4, -0.2) is 15.0 Å². The zero-order valence-electron chi connectivity index (χ0n) is 15.7. The molecule has 0 unspecified atom stereocenters. The number of para-hydroxylation sites is 2. The van der Waals surface area contributed by atoms with Crippen molar-refractivity contribution in [1.82, 2.24) is 0 Å². The van der Waals surface area contributed by atoms with E-state index in [-0.39, 0.29) is 6.54 Å². The quantitative estimate of drug-likeness (QED) is 0.655. The van der Waals surface area contributed by atoms with Crippen LogP contribution in [0.25, 0.3) is 0 Å². The Hall–Kier alpha value is -2.99. The second-order valence-corrected chi connectivity index (χ2v) is 8.55. The van der Waals surface area contributed by atoms with Gasteiger partial charge in [0.15, 0.2) is 0 Å². The first kappa shape index (κ1) is 18.4. The number of hydrogen-bond acceptors (Lipinski definition) is 3. The average Bonchev–Trinajstić information content (AvgIpc) is 3.18. The van der Waals surface area contributed by atoms with Crippen molar-refractivity contribution in [1.29, 1.82) is 0 Å². The normalized spacial score (nSPS) is 12.9. The lowest BCUT2D eigenvalue weighted by Crippen LogP contribution is -2.35. The largest absolute Gasteiger partial charge is 0.383 e.